The molecule has 1 aromatic heterocycles. The van der Waals surface area contributed by atoms with Gasteiger partial charge in [-0.25, -0.2) is 9.59 Å². The van der Waals surface area contributed by atoms with Crippen LogP contribution in [0, 0.1) is 0 Å². The van der Waals surface area contributed by atoms with Gasteiger partial charge in [0.05, 0.1) is 36.0 Å². The zero-order chi connectivity index (χ0) is 24.7. The van der Waals surface area contributed by atoms with Crippen LogP contribution in [0.1, 0.15) is 37.3 Å². The molecule has 192 valence electrons. The van der Waals surface area contributed by atoms with E-state index in [1.54, 1.807) is 0 Å². The molecule has 0 saturated carbocycles. The second-order valence-corrected chi connectivity index (χ2v) is 9.56. The second-order valence-electron chi connectivity index (χ2n) is 9.15. The third kappa shape index (κ3) is 4.83. The maximum absolute atomic E-state index is 12.7. The van der Waals surface area contributed by atoms with Crippen molar-refractivity contribution in [2.45, 2.75) is 50.4 Å². The van der Waals surface area contributed by atoms with Gasteiger partial charge >= 0.3 is 11.8 Å². The molecule has 36 heavy (non-hydrogen) atoms. The molecule has 3 aromatic rings. The van der Waals surface area contributed by atoms with E-state index >= 15 is 0 Å². The highest BCUT2D eigenvalue weighted by molar-refractivity contribution is 6.34. The second kappa shape index (κ2) is 10.5. The highest BCUT2D eigenvalue weighted by Gasteiger charge is 2.40. The number of nitrogens with zero attached hydrogens (tertiary/aromatic N) is 4. The smallest absolute Gasteiger partial charge is 0.437 e. The average Bonchev–Trinajstić information content (AvgIpc) is 3.31. The Kier molecular flexibility index (Phi) is 7.63. The maximum atomic E-state index is 12.7. The fraction of sp³-hybridized carbons (Fsp3) is 0.400. The lowest BCUT2D eigenvalue weighted by Gasteiger charge is -2.35. The van der Waals surface area contributed by atoms with Crippen molar-refractivity contribution in [3.8, 4) is 17.2 Å². The van der Waals surface area contributed by atoms with Gasteiger partial charge in [0, 0.05) is 18.2 Å². The molecule has 2 aromatic carbocycles. The number of carbonyl (C=O) groups is 1. The lowest BCUT2D eigenvalue weighted by atomic mass is 9.98. The molecule has 9 nitrogen and oxygen atoms in total. The molecule has 2 fully saturated rings. The van der Waals surface area contributed by atoms with E-state index in [4.69, 9.17) is 20.8 Å². The topological polar surface area (TPSA) is 101 Å². The normalized spacial score (nSPS) is 21.1. The van der Waals surface area contributed by atoms with Crippen LogP contribution in [0.15, 0.2) is 51.7 Å². The van der Waals surface area contributed by atoms with E-state index in [1.807, 2.05) is 30.3 Å². The number of rotatable bonds is 6. The summed E-state index contributed by atoms with van der Waals surface area (Å²) in [6, 6.07) is 13.2. The number of carboxylic acid groups (broad SMARTS) is 1. The highest BCUT2D eigenvalue weighted by atomic mass is 35.5. The molecule has 2 atom stereocenters. The fourth-order valence-electron chi connectivity index (χ4n) is 5.32. The Balaban J connectivity index is 0.00000304. The van der Waals surface area contributed by atoms with Crippen LogP contribution >= 0.6 is 24.0 Å². The molecule has 0 radical (unpaired) electrons. The summed E-state index contributed by atoms with van der Waals surface area (Å²) in [5, 5.41) is 14.5. The molecule has 0 aliphatic carbocycles. The van der Waals surface area contributed by atoms with Crippen LogP contribution in [0.5, 0.6) is 5.75 Å². The Morgan fingerprint density at radius 1 is 1.19 bits per heavy atom. The Hall–Kier alpha value is -3.01. The number of hydrogen-bond donors (Lipinski definition) is 1. The van der Waals surface area contributed by atoms with E-state index in [9.17, 15) is 14.7 Å². The van der Waals surface area contributed by atoms with Crippen molar-refractivity contribution in [2.75, 3.05) is 19.1 Å². The molecule has 0 spiro atoms. The van der Waals surface area contributed by atoms with E-state index in [0.29, 0.717) is 23.4 Å². The highest BCUT2D eigenvalue weighted by Crippen LogP contribution is 2.41. The van der Waals surface area contributed by atoms with Crippen LogP contribution in [0.25, 0.3) is 11.5 Å². The van der Waals surface area contributed by atoms with Gasteiger partial charge in [-0.2, -0.15) is 4.68 Å². The lowest BCUT2D eigenvalue weighted by molar-refractivity contribution is 0.128. The van der Waals surface area contributed by atoms with Crippen molar-refractivity contribution in [2.24, 2.45) is 0 Å². The minimum absolute atomic E-state index is 0. The van der Waals surface area contributed by atoms with Crippen molar-refractivity contribution in [1.29, 1.82) is 0 Å². The van der Waals surface area contributed by atoms with Gasteiger partial charge in [-0.15, -0.1) is 17.5 Å². The summed E-state index contributed by atoms with van der Waals surface area (Å²) < 4.78 is 12.5. The molecule has 2 aliphatic heterocycles. The van der Waals surface area contributed by atoms with Gasteiger partial charge < -0.3 is 19.2 Å². The zero-order valence-corrected chi connectivity index (χ0v) is 21.5. The van der Waals surface area contributed by atoms with Gasteiger partial charge in [0.25, 0.3) is 5.89 Å². The van der Waals surface area contributed by atoms with Crippen molar-refractivity contribution >= 4 is 35.8 Å². The third-order valence-corrected chi connectivity index (χ3v) is 7.50. The van der Waals surface area contributed by atoms with Gasteiger partial charge in [-0.1, -0.05) is 41.9 Å². The van der Waals surface area contributed by atoms with Gasteiger partial charge in [0.15, 0.2) is 0 Å². The number of halogens is 2. The summed E-state index contributed by atoms with van der Waals surface area (Å²) in [6.07, 6.45) is 2.81. The molecule has 1 amide bonds. The van der Waals surface area contributed by atoms with Crippen molar-refractivity contribution in [3.05, 3.63) is 63.6 Å². The minimum Gasteiger partial charge on any atom is -0.496 e. The number of piperidine rings is 1. The average molecular weight is 535 g/mol. The summed E-state index contributed by atoms with van der Waals surface area (Å²) in [6.45, 7) is 0.112. The largest absolute Gasteiger partial charge is 0.496 e. The van der Waals surface area contributed by atoms with Crippen molar-refractivity contribution in [3.63, 3.8) is 0 Å². The molecule has 11 heteroatoms. The predicted molar refractivity (Wildman–Crippen MR) is 139 cm³/mol. The molecule has 2 unspecified atom stereocenters. The maximum Gasteiger partial charge on any atom is 0.437 e. The summed E-state index contributed by atoms with van der Waals surface area (Å²) in [5.74, 6) is -0.121. The third-order valence-electron chi connectivity index (χ3n) is 7.19. The number of amides is 1. The number of hydrogen-bond acceptors (Lipinski definition) is 6. The predicted octanol–water partition coefficient (Wildman–Crippen LogP) is 5.07. The van der Waals surface area contributed by atoms with Crippen LogP contribution < -0.4 is 15.4 Å². The van der Waals surface area contributed by atoms with Crippen LogP contribution in [0.4, 0.5) is 10.5 Å². The van der Waals surface area contributed by atoms with Gasteiger partial charge in [0.1, 0.15) is 5.75 Å². The van der Waals surface area contributed by atoms with Crippen LogP contribution in [0.2, 0.25) is 5.02 Å². The first-order valence-corrected chi connectivity index (χ1v) is 12.0. The summed E-state index contributed by atoms with van der Waals surface area (Å²) in [4.78, 5) is 28.3. The molecule has 5 rings (SSSR count). The minimum atomic E-state index is -1.15. The van der Waals surface area contributed by atoms with Crippen LogP contribution in [-0.4, -0.2) is 52.1 Å². The fourth-order valence-corrected chi connectivity index (χ4v) is 5.58. The quantitative estimate of drug-likeness (QED) is 0.471. The summed E-state index contributed by atoms with van der Waals surface area (Å²) in [7, 11) is 3.60. The van der Waals surface area contributed by atoms with Crippen molar-refractivity contribution in [1.82, 2.24) is 14.7 Å². The number of aromatic nitrogens is 2. The van der Waals surface area contributed by atoms with E-state index in [-0.39, 0.29) is 41.6 Å². The number of benzene rings is 2. The van der Waals surface area contributed by atoms with Gasteiger partial charge in [0.2, 0.25) is 0 Å². The van der Waals surface area contributed by atoms with Gasteiger partial charge in [-0.05, 0) is 44.4 Å². The van der Waals surface area contributed by atoms with E-state index in [2.05, 4.69) is 17.0 Å². The lowest BCUT2D eigenvalue weighted by Crippen LogP contribution is -2.42. The number of ether oxygens (including phenoxy) is 1. The summed E-state index contributed by atoms with van der Waals surface area (Å²) in [5.41, 5.74) is 1.46. The van der Waals surface area contributed by atoms with Crippen LogP contribution in [0.3, 0.4) is 0 Å². The Bertz CT molecular complexity index is 1280. The van der Waals surface area contributed by atoms with E-state index in [1.165, 1.54) is 23.9 Å². The first kappa shape index (κ1) is 26.1. The number of fused-ring (bicyclic) bond motifs is 2. The Labute approximate surface area is 219 Å². The molecule has 2 bridgehead atoms. The zero-order valence-electron chi connectivity index (χ0n) is 20.0. The molecule has 2 saturated heterocycles. The molecular formula is C25H28Cl2N4O5. The first-order chi connectivity index (χ1) is 16.9. The van der Waals surface area contributed by atoms with Crippen molar-refractivity contribution < 1.29 is 19.1 Å². The first-order valence-electron chi connectivity index (χ1n) is 11.6. The SMILES string of the molecule is COc1cc(N(Cc2ccccc2)C(=O)O)c(Cl)cc1-c1nn(C2CC3CCC(C2)N3C)c(=O)o1.Cl. The van der Waals surface area contributed by atoms with E-state index in [0.717, 1.165) is 36.1 Å². The van der Waals surface area contributed by atoms with Crippen LogP contribution in [-0.2, 0) is 6.54 Å². The number of anilines is 1. The van der Waals surface area contributed by atoms with Gasteiger partial charge in [-0.3, -0.25) is 4.90 Å². The summed E-state index contributed by atoms with van der Waals surface area (Å²) >= 11 is 6.55. The number of methoxy groups -OCH3 is 1. The monoisotopic (exact) mass is 534 g/mol. The molecule has 3 heterocycles. The standard InChI is InChI=1S/C25H27ClN4O5.ClH/c1-28-16-8-9-17(28)11-18(10-16)30-25(33)35-23(27-30)19-12-20(26)21(13-22(19)34-2)29(24(31)32)14-15-6-4-3-5-7-15;/h3-7,12-13,16-18H,8-11,14H2,1-2H3,(H,31,32);1H. The van der Waals surface area contributed by atoms with E-state index < -0.39 is 11.8 Å². The molecular weight excluding hydrogens is 507 g/mol. The molecule has 1 N–H and O–H groups in total. The molecule has 2 aliphatic rings. The Morgan fingerprint density at radius 2 is 1.86 bits per heavy atom. The Morgan fingerprint density at radius 3 is 2.47 bits per heavy atom.